The number of ketones is 1. The average molecular weight is 664 g/mol. The summed E-state index contributed by atoms with van der Waals surface area (Å²) in [5, 5.41) is -0.419. The van der Waals surface area contributed by atoms with Crippen molar-refractivity contribution in [2.24, 2.45) is 11.3 Å². The van der Waals surface area contributed by atoms with Crippen molar-refractivity contribution in [1.82, 2.24) is 4.57 Å². The summed E-state index contributed by atoms with van der Waals surface area (Å²) in [7, 11) is -5.00. The molecule has 2 rings (SSSR count). The number of esters is 1. The van der Waals surface area contributed by atoms with E-state index < -0.39 is 70.1 Å². The van der Waals surface area contributed by atoms with Gasteiger partial charge >= 0.3 is 12.1 Å². The normalized spacial score (nSPS) is 20.1. The van der Waals surface area contributed by atoms with Crippen LogP contribution in [0, 0.1) is 11.3 Å². The zero-order valence-corrected chi connectivity index (χ0v) is 32.2. The Morgan fingerprint density at radius 1 is 0.844 bits per heavy atom. The Morgan fingerprint density at radius 3 is 1.84 bits per heavy atom. The lowest BCUT2D eigenvalue weighted by Crippen LogP contribution is -2.80. The van der Waals surface area contributed by atoms with Crippen LogP contribution in [0.2, 0.25) is 36.3 Å². The molecule has 11 heteroatoms. The van der Waals surface area contributed by atoms with Crippen LogP contribution in [0.1, 0.15) is 81.7 Å². The monoisotopic (exact) mass is 663 g/mol. The highest BCUT2D eigenvalue weighted by Crippen LogP contribution is 2.52. The fourth-order valence-electron chi connectivity index (χ4n) is 5.11. The van der Waals surface area contributed by atoms with E-state index in [9.17, 15) is 19.2 Å². The number of benzene rings is 1. The molecule has 9 nitrogen and oxygen atoms in total. The summed E-state index contributed by atoms with van der Waals surface area (Å²) >= 11 is 0. The van der Waals surface area contributed by atoms with Crippen molar-refractivity contribution >= 4 is 40.4 Å². The summed E-state index contributed by atoms with van der Waals surface area (Å²) in [6.07, 6.45) is -1.60. The molecule has 0 aromatic heterocycles. The van der Waals surface area contributed by atoms with Crippen molar-refractivity contribution in [3.05, 3.63) is 35.9 Å². The smallest absolute Gasteiger partial charge is 0.460 e. The maximum atomic E-state index is 14.3. The minimum absolute atomic E-state index is 0.0586. The fourth-order valence-corrected chi connectivity index (χ4v) is 9.08. The molecule has 0 saturated carbocycles. The first-order valence-corrected chi connectivity index (χ1v) is 21.7. The predicted octanol–water partition coefficient (Wildman–Crippen LogP) is 7.50. The van der Waals surface area contributed by atoms with E-state index >= 15 is 0 Å². The first-order valence-electron chi connectivity index (χ1n) is 15.8. The van der Waals surface area contributed by atoms with Gasteiger partial charge in [0.25, 0.3) is 0 Å². The maximum absolute atomic E-state index is 14.3. The van der Waals surface area contributed by atoms with Gasteiger partial charge in [0.15, 0.2) is 28.9 Å². The lowest BCUT2D eigenvalue weighted by Gasteiger charge is -2.63. The summed E-state index contributed by atoms with van der Waals surface area (Å²) in [6, 6.07) is 8.31. The number of nitrogens with zero attached hydrogens (tertiary/aromatic N) is 1. The van der Waals surface area contributed by atoms with Gasteiger partial charge in [-0.25, -0.2) is 4.79 Å². The number of β-lactam (4-membered cyclic amide) rings is 1. The third kappa shape index (κ3) is 8.45. The van der Waals surface area contributed by atoms with Crippen LogP contribution in [-0.4, -0.2) is 69.3 Å². The Balaban J connectivity index is 2.66. The second-order valence-corrected chi connectivity index (χ2v) is 26.4. The van der Waals surface area contributed by atoms with Gasteiger partial charge in [-0.3, -0.25) is 14.4 Å². The number of rotatable bonds is 11. The first-order chi connectivity index (χ1) is 20.2. The number of hydrogen-bond donors (Lipinski definition) is 0. The van der Waals surface area contributed by atoms with Gasteiger partial charge < -0.3 is 23.2 Å². The van der Waals surface area contributed by atoms with Crippen molar-refractivity contribution < 1.29 is 37.8 Å². The Hall–Kier alpha value is -2.51. The predicted molar refractivity (Wildman–Crippen MR) is 181 cm³/mol. The third-order valence-electron chi connectivity index (χ3n) is 9.89. The SMILES string of the molecule is C[C@@H](O[Si](C)(C)C(C)(C)C)C1C(=O)N([Si](C)(C)C(C)(C)C)C1C(C)(C(=O)COC(=O)OC(C)(C)C)C(=O)OCc1ccccc1. The van der Waals surface area contributed by atoms with E-state index in [-0.39, 0.29) is 22.6 Å². The number of carbonyl (C=O) groups is 4. The molecular weight excluding hydrogens is 607 g/mol. The van der Waals surface area contributed by atoms with Crippen LogP contribution in [0.3, 0.4) is 0 Å². The van der Waals surface area contributed by atoms with E-state index in [1.807, 2.05) is 37.3 Å². The molecule has 0 bridgehead atoms. The second kappa shape index (κ2) is 13.3. The molecule has 0 radical (unpaired) electrons. The zero-order valence-electron chi connectivity index (χ0n) is 30.2. The molecule has 0 aliphatic carbocycles. The highest BCUT2D eigenvalue weighted by molar-refractivity contribution is 6.80. The molecule has 3 unspecified atom stereocenters. The largest absolute Gasteiger partial charge is 0.509 e. The van der Waals surface area contributed by atoms with Gasteiger partial charge in [0.2, 0.25) is 5.91 Å². The molecule has 1 aromatic carbocycles. The summed E-state index contributed by atoms with van der Waals surface area (Å²) in [4.78, 5) is 55.3. The van der Waals surface area contributed by atoms with E-state index in [1.165, 1.54) is 6.92 Å². The summed E-state index contributed by atoms with van der Waals surface area (Å²) < 4.78 is 24.9. The van der Waals surface area contributed by atoms with E-state index in [1.54, 1.807) is 25.3 Å². The quantitative estimate of drug-likeness (QED) is 0.104. The van der Waals surface area contributed by atoms with E-state index in [0.29, 0.717) is 0 Å². The van der Waals surface area contributed by atoms with E-state index in [0.717, 1.165) is 5.56 Å². The fraction of sp³-hybridized carbons (Fsp3) is 0.706. The molecule has 1 aliphatic heterocycles. The van der Waals surface area contributed by atoms with E-state index in [2.05, 4.69) is 67.7 Å². The summed E-state index contributed by atoms with van der Waals surface area (Å²) in [5.74, 6) is -2.37. The number of ether oxygens (including phenoxy) is 3. The molecule has 1 heterocycles. The van der Waals surface area contributed by atoms with Crippen molar-refractivity contribution in [3.63, 3.8) is 0 Å². The highest BCUT2D eigenvalue weighted by atomic mass is 28.4. The lowest BCUT2D eigenvalue weighted by atomic mass is 9.67. The van der Waals surface area contributed by atoms with Gasteiger partial charge in [-0.1, -0.05) is 85.0 Å². The minimum Gasteiger partial charge on any atom is -0.460 e. The first kappa shape index (κ1) is 38.7. The van der Waals surface area contributed by atoms with Gasteiger partial charge in [-0.2, -0.15) is 0 Å². The second-order valence-electron chi connectivity index (χ2n) is 16.5. The Bertz CT molecular complexity index is 1240. The van der Waals surface area contributed by atoms with Gasteiger partial charge in [-0.05, 0) is 63.4 Å². The van der Waals surface area contributed by atoms with Crippen molar-refractivity contribution in [1.29, 1.82) is 0 Å². The lowest BCUT2D eigenvalue weighted by molar-refractivity contribution is -0.181. The van der Waals surface area contributed by atoms with Crippen LogP contribution >= 0.6 is 0 Å². The molecule has 1 aromatic rings. The number of amides is 1. The molecular formula is C34H57NO8Si2. The number of carbonyl (C=O) groups excluding carboxylic acids is 4. The Morgan fingerprint density at radius 2 is 1.38 bits per heavy atom. The third-order valence-corrected chi connectivity index (χ3v) is 19.8. The molecule has 45 heavy (non-hydrogen) atoms. The van der Waals surface area contributed by atoms with Crippen molar-refractivity contribution in [2.75, 3.05) is 6.61 Å². The van der Waals surface area contributed by atoms with Crippen molar-refractivity contribution in [3.8, 4) is 0 Å². The van der Waals surface area contributed by atoms with Crippen LogP contribution in [0.5, 0.6) is 0 Å². The molecule has 0 N–H and O–H groups in total. The highest BCUT2D eigenvalue weighted by Gasteiger charge is 2.68. The van der Waals surface area contributed by atoms with E-state index in [4.69, 9.17) is 18.6 Å². The molecule has 1 amide bonds. The molecule has 4 atom stereocenters. The molecule has 1 aliphatic rings. The molecule has 1 fully saturated rings. The Kier molecular flexibility index (Phi) is 11.4. The molecule has 254 valence electrons. The number of hydrogen-bond acceptors (Lipinski definition) is 8. The van der Waals surface area contributed by atoms with Crippen LogP contribution < -0.4 is 0 Å². The summed E-state index contributed by atoms with van der Waals surface area (Å²) in [5.41, 5.74) is -1.95. The number of Topliss-reactive ketones (excluding diaryl/α,β-unsaturated/α-hetero) is 1. The van der Waals surface area contributed by atoms with Crippen LogP contribution in [-0.2, 0) is 39.6 Å². The summed E-state index contributed by atoms with van der Waals surface area (Å²) in [6.45, 7) is 28.6. The topological polar surface area (TPSA) is 108 Å². The van der Waals surface area contributed by atoms with Gasteiger partial charge in [0.1, 0.15) is 17.6 Å². The van der Waals surface area contributed by atoms with Crippen LogP contribution in [0.25, 0.3) is 0 Å². The molecule has 0 spiro atoms. The average Bonchev–Trinajstić information content (AvgIpc) is 2.86. The van der Waals surface area contributed by atoms with Crippen LogP contribution in [0.4, 0.5) is 4.79 Å². The standard InChI is InChI=1S/C34H57NO8Si2/c1-23(43-45(14,15)33(8,9)10)26-27(35(28(26)37)44(12,13)32(5,6)7)34(11,25(36)22-41-30(39)42-31(2,3)4)29(38)40-21-24-19-17-16-18-20-24/h16-20,23,26-27H,21-22H2,1-15H3/t23-,26?,27?,34?/m1/s1. The zero-order chi connectivity index (χ0) is 35.0. The molecule has 1 saturated heterocycles. The Labute approximate surface area is 272 Å². The minimum atomic E-state index is -2.65. The van der Waals surface area contributed by atoms with Gasteiger partial charge in [0, 0.05) is 0 Å². The maximum Gasteiger partial charge on any atom is 0.509 e. The van der Waals surface area contributed by atoms with Crippen molar-refractivity contribution in [2.45, 2.75) is 137 Å². The van der Waals surface area contributed by atoms with Crippen LogP contribution in [0.15, 0.2) is 30.3 Å². The van der Waals surface area contributed by atoms with Gasteiger partial charge in [0.05, 0.1) is 18.1 Å². The van der Waals surface area contributed by atoms with Gasteiger partial charge in [-0.15, -0.1) is 0 Å².